The second-order valence-electron chi connectivity index (χ2n) is 7.59. The molecule has 0 fully saturated rings. The molecule has 4 aromatic rings. The first kappa shape index (κ1) is 22.2. The minimum absolute atomic E-state index is 0.0267. The molecule has 0 saturated heterocycles. The molecule has 4 rings (SSSR count). The summed E-state index contributed by atoms with van der Waals surface area (Å²) in [5.41, 5.74) is 2.95. The zero-order valence-electron chi connectivity index (χ0n) is 18.6. The van der Waals surface area contributed by atoms with Crippen molar-refractivity contribution in [2.24, 2.45) is 0 Å². The van der Waals surface area contributed by atoms with Crippen molar-refractivity contribution in [1.29, 1.82) is 0 Å². The van der Waals surface area contributed by atoms with Crippen LogP contribution in [0.15, 0.2) is 84.9 Å². The van der Waals surface area contributed by atoms with E-state index in [1.807, 2.05) is 91.9 Å². The Morgan fingerprint density at radius 1 is 0.939 bits per heavy atom. The summed E-state index contributed by atoms with van der Waals surface area (Å²) in [5, 5.41) is 15.8. The predicted molar refractivity (Wildman–Crippen MR) is 127 cm³/mol. The van der Waals surface area contributed by atoms with Crippen LogP contribution in [0.4, 0.5) is 0 Å². The Bertz CT molecular complexity index is 1140. The Morgan fingerprint density at radius 3 is 2.30 bits per heavy atom. The quantitative estimate of drug-likeness (QED) is 0.394. The van der Waals surface area contributed by atoms with Crippen LogP contribution in [0, 0.1) is 0 Å². The van der Waals surface area contributed by atoms with E-state index >= 15 is 0 Å². The molecule has 1 heterocycles. The molecular formula is C26H27N5O2. The summed E-state index contributed by atoms with van der Waals surface area (Å²) in [6, 6.07) is 27.3. The molecule has 0 saturated carbocycles. The van der Waals surface area contributed by atoms with Crippen LogP contribution in [0.25, 0.3) is 11.4 Å². The van der Waals surface area contributed by atoms with Crippen LogP contribution in [-0.4, -0.2) is 32.7 Å². The van der Waals surface area contributed by atoms with E-state index in [4.69, 9.17) is 4.74 Å². The Balaban J connectivity index is 1.37. The number of hydrogen-bond donors (Lipinski definition) is 1. The molecule has 0 aliphatic rings. The van der Waals surface area contributed by atoms with Gasteiger partial charge in [-0.1, -0.05) is 72.8 Å². The number of tetrazole rings is 1. The van der Waals surface area contributed by atoms with Gasteiger partial charge in [0, 0.05) is 12.0 Å². The van der Waals surface area contributed by atoms with E-state index in [1.165, 1.54) is 4.80 Å². The Morgan fingerprint density at radius 2 is 1.61 bits per heavy atom. The van der Waals surface area contributed by atoms with Crippen molar-refractivity contribution in [2.45, 2.75) is 32.4 Å². The Labute approximate surface area is 193 Å². The number of aromatic nitrogens is 4. The number of amides is 1. The summed E-state index contributed by atoms with van der Waals surface area (Å²) < 4.78 is 5.55. The minimum Gasteiger partial charge on any atom is -0.494 e. The zero-order chi connectivity index (χ0) is 22.9. The summed E-state index contributed by atoms with van der Waals surface area (Å²) >= 11 is 0. The average molecular weight is 442 g/mol. The van der Waals surface area contributed by atoms with Gasteiger partial charge in [0.2, 0.25) is 11.7 Å². The smallest absolute Gasteiger partial charge is 0.220 e. The standard InChI is InChI=1S/C26H27N5O2/c1-2-33-23-17-15-21(16-18-23)25(20-10-5-3-6-11-20)27-24(32)14-9-19-31-29-26(28-30-31)22-12-7-4-8-13-22/h3-8,10-13,15-18,25H,2,9,14,19H2,1H3,(H,27,32). The number of ether oxygens (including phenoxy) is 1. The van der Waals surface area contributed by atoms with Gasteiger partial charge in [0.05, 0.1) is 19.2 Å². The zero-order valence-corrected chi connectivity index (χ0v) is 18.6. The fraction of sp³-hybridized carbons (Fsp3) is 0.231. The lowest BCUT2D eigenvalue weighted by Gasteiger charge is -2.20. The minimum atomic E-state index is -0.233. The van der Waals surface area contributed by atoms with E-state index in [0.29, 0.717) is 31.8 Å². The number of benzene rings is 3. The molecule has 0 aliphatic heterocycles. The summed E-state index contributed by atoms with van der Waals surface area (Å²) in [4.78, 5) is 14.3. The maximum Gasteiger partial charge on any atom is 0.220 e. The lowest BCUT2D eigenvalue weighted by molar-refractivity contribution is -0.121. The lowest BCUT2D eigenvalue weighted by Crippen LogP contribution is -2.29. The van der Waals surface area contributed by atoms with Gasteiger partial charge in [-0.2, -0.15) is 4.80 Å². The first-order valence-electron chi connectivity index (χ1n) is 11.1. The topological polar surface area (TPSA) is 81.9 Å². The second-order valence-corrected chi connectivity index (χ2v) is 7.59. The molecule has 168 valence electrons. The van der Waals surface area contributed by atoms with E-state index in [-0.39, 0.29) is 11.9 Å². The largest absolute Gasteiger partial charge is 0.494 e. The molecule has 3 aromatic carbocycles. The first-order chi connectivity index (χ1) is 16.2. The van der Waals surface area contributed by atoms with E-state index in [9.17, 15) is 4.79 Å². The predicted octanol–water partition coefficient (Wildman–Crippen LogP) is 4.42. The van der Waals surface area contributed by atoms with Gasteiger partial charge in [-0.15, -0.1) is 10.2 Å². The van der Waals surface area contributed by atoms with Gasteiger partial charge in [0.25, 0.3) is 0 Å². The van der Waals surface area contributed by atoms with Crippen molar-refractivity contribution in [3.8, 4) is 17.1 Å². The summed E-state index contributed by atoms with van der Waals surface area (Å²) in [6.07, 6.45) is 0.976. The number of rotatable bonds is 10. The van der Waals surface area contributed by atoms with Crippen molar-refractivity contribution in [3.63, 3.8) is 0 Å². The van der Waals surface area contributed by atoms with Crippen molar-refractivity contribution in [1.82, 2.24) is 25.5 Å². The molecule has 1 amide bonds. The highest BCUT2D eigenvalue weighted by molar-refractivity contribution is 5.77. The highest BCUT2D eigenvalue weighted by atomic mass is 16.5. The average Bonchev–Trinajstić information content (AvgIpc) is 3.33. The number of aryl methyl sites for hydroxylation is 1. The van der Waals surface area contributed by atoms with Gasteiger partial charge in [-0.05, 0) is 41.8 Å². The third-order valence-electron chi connectivity index (χ3n) is 5.21. The molecule has 0 bridgehead atoms. The van der Waals surface area contributed by atoms with Crippen molar-refractivity contribution in [2.75, 3.05) is 6.61 Å². The normalized spacial score (nSPS) is 11.7. The SMILES string of the molecule is CCOc1ccc(C(NC(=O)CCCn2nnc(-c3ccccc3)n2)c2ccccc2)cc1. The summed E-state index contributed by atoms with van der Waals surface area (Å²) in [5.74, 6) is 1.37. The van der Waals surface area contributed by atoms with E-state index in [0.717, 1.165) is 22.4 Å². The highest BCUT2D eigenvalue weighted by Crippen LogP contribution is 2.24. The van der Waals surface area contributed by atoms with Crippen LogP contribution < -0.4 is 10.1 Å². The molecule has 7 nitrogen and oxygen atoms in total. The van der Waals surface area contributed by atoms with E-state index in [1.54, 1.807) is 0 Å². The van der Waals surface area contributed by atoms with Crippen LogP contribution in [0.3, 0.4) is 0 Å². The van der Waals surface area contributed by atoms with E-state index < -0.39 is 0 Å². The third kappa shape index (κ3) is 6.04. The molecule has 1 aromatic heterocycles. The Hall–Kier alpha value is -4.00. The van der Waals surface area contributed by atoms with Gasteiger partial charge < -0.3 is 10.1 Å². The number of carbonyl (C=O) groups is 1. The fourth-order valence-electron chi connectivity index (χ4n) is 3.58. The maximum atomic E-state index is 12.8. The molecule has 0 aliphatic carbocycles. The van der Waals surface area contributed by atoms with Gasteiger partial charge >= 0.3 is 0 Å². The van der Waals surface area contributed by atoms with E-state index in [2.05, 4.69) is 20.7 Å². The van der Waals surface area contributed by atoms with Crippen LogP contribution in [0.2, 0.25) is 0 Å². The summed E-state index contributed by atoms with van der Waals surface area (Å²) in [6.45, 7) is 3.09. The molecule has 1 N–H and O–H groups in total. The number of carbonyl (C=O) groups excluding carboxylic acids is 1. The molecule has 0 spiro atoms. The van der Waals surface area contributed by atoms with Crippen LogP contribution >= 0.6 is 0 Å². The number of nitrogens with one attached hydrogen (secondary N) is 1. The van der Waals surface area contributed by atoms with Gasteiger partial charge in [-0.3, -0.25) is 4.79 Å². The Kier molecular flexibility index (Phi) is 7.43. The number of hydrogen-bond acceptors (Lipinski definition) is 5. The molecular weight excluding hydrogens is 414 g/mol. The van der Waals surface area contributed by atoms with Gasteiger partial charge in [-0.25, -0.2) is 0 Å². The van der Waals surface area contributed by atoms with Crippen molar-refractivity contribution >= 4 is 5.91 Å². The monoisotopic (exact) mass is 441 g/mol. The second kappa shape index (κ2) is 11.0. The molecule has 1 unspecified atom stereocenters. The molecule has 1 atom stereocenters. The number of nitrogens with zero attached hydrogens (tertiary/aromatic N) is 4. The van der Waals surface area contributed by atoms with Crippen molar-refractivity contribution < 1.29 is 9.53 Å². The lowest BCUT2D eigenvalue weighted by atomic mass is 9.98. The highest BCUT2D eigenvalue weighted by Gasteiger charge is 2.17. The molecule has 7 heteroatoms. The third-order valence-corrected chi connectivity index (χ3v) is 5.21. The molecule has 33 heavy (non-hydrogen) atoms. The van der Waals surface area contributed by atoms with Crippen LogP contribution in [-0.2, 0) is 11.3 Å². The first-order valence-corrected chi connectivity index (χ1v) is 11.1. The fourth-order valence-corrected chi connectivity index (χ4v) is 3.58. The summed E-state index contributed by atoms with van der Waals surface area (Å²) in [7, 11) is 0. The van der Waals surface area contributed by atoms with Crippen molar-refractivity contribution in [3.05, 3.63) is 96.1 Å². The molecule has 0 radical (unpaired) electrons. The maximum absolute atomic E-state index is 12.8. The van der Waals surface area contributed by atoms with Gasteiger partial charge in [0.15, 0.2) is 0 Å². The van der Waals surface area contributed by atoms with Gasteiger partial charge in [0.1, 0.15) is 5.75 Å². The van der Waals surface area contributed by atoms with Crippen LogP contribution in [0.1, 0.15) is 36.9 Å². The van der Waals surface area contributed by atoms with Crippen LogP contribution in [0.5, 0.6) is 5.75 Å².